The molecule has 0 spiro atoms. The van der Waals surface area contributed by atoms with E-state index in [4.69, 9.17) is 0 Å². The fraction of sp³-hybridized carbons (Fsp3) is 0.462. The summed E-state index contributed by atoms with van der Waals surface area (Å²) >= 11 is 6.89. The quantitative estimate of drug-likeness (QED) is 0.791. The Morgan fingerprint density at radius 3 is 2.44 bits per heavy atom. The first kappa shape index (κ1) is 15.5. The molecule has 1 amide bonds. The Bertz CT molecular complexity index is 388. The van der Waals surface area contributed by atoms with Crippen molar-refractivity contribution in [3.63, 3.8) is 0 Å². The van der Waals surface area contributed by atoms with E-state index in [9.17, 15) is 4.79 Å². The summed E-state index contributed by atoms with van der Waals surface area (Å²) in [5, 5.41) is 6.00. The van der Waals surface area contributed by atoms with Gasteiger partial charge in [-0.2, -0.15) is 0 Å². The van der Waals surface area contributed by atoms with Crippen LogP contribution in [0.25, 0.3) is 0 Å². The van der Waals surface area contributed by atoms with Crippen LogP contribution >= 0.6 is 31.9 Å². The van der Waals surface area contributed by atoms with Crippen molar-refractivity contribution < 1.29 is 4.79 Å². The van der Waals surface area contributed by atoms with Gasteiger partial charge < -0.3 is 10.6 Å². The Morgan fingerprint density at radius 2 is 1.89 bits per heavy atom. The van der Waals surface area contributed by atoms with Crippen LogP contribution in [0.5, 0.6) is 0 Å². The Kier molecular flexibility index (Phi) is 6.71. The van der Waals surface area contributed by atoms with Gasteiger partial charge in [0.25, 0.3) is 0 Å². The molecular formula is C13H18Br2N2O. The highest BCUT2D eigenvalue weighted by molar-refractivity contribution is 9.11. The highest BCUT2D eigenvalue weighted by atomic mass is 79.9. The number of hydrogen-bond donors (Lipinski definition) is 2. The van der Waals surface area contributed by atoms with Gasteiger partial charge in [0, 0.05) is 15.5 Å². The van der Waals surface area contributed by atoms with E-state index < -0.39 is 0 Å². The standard InChI is InChI=1S/C13H18Br2N2O/c1-9(2)6-7-16-12(18)8-17-13-10(14)4-3-5-11(13)15/h3-5,9,17H,6-8H2,1-2H3,(H,16,18). The fourth-order valence-corrected chi connectivity index (χ4v) is 2.68. The summed E-state index contributed by atoms with van der Waals surface area (Å²) in [4.78, 5) is 11.6. The second-order valence-corrected chi connectivity index (χ2v) is 6.19. The lowest BCUT2D eigenvalue weighted by atomic mass is 10.1. The van der Waals surface area contributed by atoms with Crippen LogP contribution in [0.2, 0.25) is 0 Å². The molecule has 100 valence electrons. The van der Waals surface area contributed by atoms with Crippen LogP contribution < -0.4 is 10.6 Å². The van der Waals surface area contributed by atoms with Gasteiger partial charge in [-0.15, -0.1) is 0 Å². The lowest BCUT2D eigenvalue weighted by Gasteiger charge is -2.11. The molecule has 0 saturated heterocycles. The lowest BCUT2D eigenvalue weighted by molar-refractivity contribution is -0.119. The predicted molar refractivity (Wildman–Crippen MR) is 82.8 cm³/mol. The summed E-state index contributed by atoms with van der Waals surface area (Å²) in [5.74, 6) is 0.619. The Morgan fingerprint density at radius 1 is 1.28 bits per heavy atom. The molecule has 2 N–H and O–H groups in total. The number of hydrogen-bond acceptors (Lipinski definition) is 2. The van der Waals surface area contributed by atoms with E-state index in [0.717, 1.165) is 27.6 Å². The summed E-state index contributed by atoms with van der Waals surface area (Å²) in [6.45, 7) is 5.29. The molecule has 1 rings (SSSR count). The normalized spacial score (nSPS) is 10.5. The van der Waals surface area contributed by atoms with Gasteiger partial charge in [-0.1, -0.05) is 19.9 Å². The number of rotatable bonds is 6. The minimum absolute atomic E-state index is 0.0123. The van der Waals surface area contributed by atoms with Gasteiger partial charge in [0.05, 0.1) is 12.2 Å². The van der Waals surface area contributed by atoms with Crippen molar-refractivity contribution in [1.29, 1.82) is 0 Å². The number of nitrogens with one attached hydrogen (secondary N) is 2. The van der Waals surface area contributed by atoms with Gasteiger partial charge in [-0.05, 0) is 56.3 Å². The van der Waals surface area contributed by atoms with Gasteiger partial charge in [-0.25, -0.2) is 0 Å². The average molecular weight is 378 g/mol. The first-order chi connectivity index (χ1) is 8.50. The number of carbonyl (C=O) groups excluding carboxylic acids is 1. The molecule has 1 aromatic carbocycles. The van der Waals surface area contributed by atoms with E-state index in [1.807, 2.05) is 18.2 Å². The molecular weight excluding hydrogens is 360 g/mol. The maximum atomic E-state index is 11.6. The van der Waals surface area contributed by atoms with Crippen LogP contribution in [0.3, 0.4) is 0 Å². The third kappa shape index (κ3) is 5.40. The second kappa shape index (κ2) is 7.79. The average Bonchev–Trinajstić information content (AvgIpc) is 2.27. The smallest absolute Gasteiger partial charge is 0.239 e. The van der Waals surface area contributed by atoms with Crippen molar-refractivity contribution >= 4 is 43.5 Å². The lowest BCUT2D eigenvalue weighted by Crippen LogP contribution is -2.31. The first-order valence-electron chi connectivity index (χ1n) is 5.95. The summed E-state index contributed by atoms with van der Waals surface area (Å²) < 4.78 is 1.87. The molecule has 18 heavy (non-hydrogen) atoms. The summed E-state index contributed by atoms with van der Waals surface area (Å²) in [6, 6.07) is 5.80. The van der Waals surface area contributed by atoms with E-state index in [1.54, 1.807) is 0 Å². The fourth-order valence-electron chi connectivity index (χ4n) is 1.40. The second-order valence-electron chi connectivity index (χ2n) is 4.48. The van der Waals surface area contributed by atoms with Crippen molar-refractivity contribution in [2.75, 3.05) is 18.4 Å². The van der Waals surface area contributed by atoms with Gasteiger partial charge in [0.1, 0.15) is 0 Å². The third-order valence-corrected chi connectivity index (χ3v) is 3.75. The zero-order chi connectivity index (χ0) is 13.5. The molecule has 0 unspecified atom stereocenters. The highest BCUT2D eigenvalue weighted by Crippen LogP contribution is 2.30. The number of amides is 1. The van der Waals surface area contributed by atoms with Gasteiger partial charge in [0.2, 0.25) is 5.91 Å². The molecule has 0 bridgehead atoms. The number of para-hydroxylation sites is 1. The molecule has 3 nitrogen and oxygen atoms in total. The van der Waals surface area contributed by atoms with Crippen LogP contribution in [0.4, 0.5) is 5.69 Å². The summed E-state index contributed by atoms with van der Waals surface area (Å²) in [5.41, 5.74) is 0.900. The maximum absolute atomic E-state index is 11.6. The van der Waals surface area contributed by atoms with Gasteiger partial charge >= 0.3 is 0 Å². The van der Waals surface area contributed by atoms with Crippen molar-refractivity contribution in [1.82, 2.24) is 5.32 Å². The van der Waals surface area contributed by atoms with Gasteiger partial charge in [-0.3, -0.25) is 4.79 Å². The molecule has 0 aliphatic rings. The van der Waals surface area contributed by atoms with Crippen LogP contribution in [0.1, 0.15) is 20.3 Å². The number of halogens is 2. The molecule has 0 fully saturated rings. The predicted octanol–water partition coefficient (Wildman–Crippen LogP) is 3.79. The summed E-state index contributed by atoms with van der Waals surface area (Å²) in [7, 11) is 0. The molecule has 0 atom stereocenters. The van der Waals surface area contributed by atoms with Crippen LogP contribution in [-0.4, -0.2) is 19.0 Å². The van der Waals surface area contributed by atoms with E-state index in [2.05, 4.69) is 56.3 Å². The van der Waals surface area contributed by atoms with E-state index in [-0.39, 0.29) is 12.5 Å². The zero-order valence-corrected chi connectivity index (χ0v) is 13.8. The van der Waals surface area contributed by atoms with Crippen LogP contribution in [0.15, 0.2) is 27.1 Å². The van der Waals surface area contributed by atoms with Crippen molar-refractivity contribution in [2.45, 2.75) is 20.3 Å². The Labute approximate surface area is 125 Å². The molecule has 1 aromatic rings. The van der Waals surface area contributed by atoms with Crippen molar-refractivity contribution in [3.05, 3.63) is 27.1 Å². The topological polar surface area (TPSA) is 41.1 Å². The van der Waals surface area contributed by atoms with Gasteiger partial charge in [0.15, 0.2) is 0 Å². The highest BCUT2D eigenvalue weighted by Gasteiger charge is 2.06. The first-order valence-corrected chi connectivity index (χ1v) is 7.54. The minimum atomic E-state index is 0.0123. The molecule has 5 heteroatoms. The van der Waals surface area contributed by atoms with Crippen molar-refractivity contribution in [3.8, 4) is 0 Å². The Hall–Kier alpha value is -0.550. The van der Waals surface area contributed by atoms with E-state index >= 15 is 0 Å². The van der Waals surface area contributed by atoms with Crippen molar-refractivity contribution in [2.24, 2.45) is 5.92 Å². The Balaban J connectivity index is 2.38. The van der Waals surface area contributed by atoms with E-state index in [0.29, 0.717) is 5.92 Å². The van der Waals surface area contributed by atoms with E-state index in [1.165, 1.54) is 0 Å². The minimum Gasteiger partial charge on any atom is -0.374 e. The SMILES string of the molecule is CC(C)CCNC(=O)CNc1c(Br)cccc1Br. The number of benzene rings is 1. The molecule has 0 radical (unpaired) electrons. The molecule has 0 heterocycles. The third-order valence-electron chi connectivity index (χ3n) is 2.43. The number of carbonyl (C=O) groups is 1. The van der Waals surface area contributed by atoms with Crippen LogP contribution in [0, 0.1) is 5.92 Å². The monoisotopic (exact) mass is 376 g/mol. The molecule has 0 aliphatic heterocycles. The molecule has 0 aromatic heterocycles. The van der Waals surface area contributed by atoms with Crippen LogP contribution in [-0.2, 0) is 4.79 Å². The zero-order valence-electron chi connectivity index (χ0n) is 10.6. The molecule has 0 aliphatic carbocycles. The summed E-state index contributed by atoms with van der Waals surface area (Å²) in [6.07, 6.45) is 1.00. The number of anilines is 1. The maximum Gasteiger partial charge on any atom is 0.239 e. The largest absolute Gasteiger partial charge is 0.374 e. The molecule has 0 saturated carbocycles.